The molecule has 2 rings (SSSR count). The van der Waals surface area contributed by atoms with Gasteiger partial charge in [0.1, 0.15) is 18.8 Å². The van der Waals surface area contributed by atoms with Crippen LogP contribution in [0.4, 0.5) is 5.13 Å². The Hall–Kier alpha value is -2.78. The molecule has 0 aliphatic carbocycles. The maximum atomic E-state index is 12.4. The zero-order valence-electron chi connectivity index (χ0n) is 13.3. The average molecular weight is 407 g/mol. The van der Waals surface area contributed by atoms with Crippen molar-refractivity contribution in [3.8, 4) is 0 Å². The van der Waals surface area contributed by atoms with Gasteiger partial charge in [-0.1, -0.05) is 5.16 Å². The Kier molecular flexibility index (Phi) is 5.43. The lowest BCUT2D eigenvalue weighted by atomic mass is 9.98. The molecule has 15 heteroatoms. The fourth-order valence-corrected chi connectivity index (χ4v) is 3.50. The largest absolute Gasteiger partial charge is 0.467 e. The number of hydrogen-bond donors (Lipinski definition) is 3. The van der Waals surface area contributed by atoms with E-state index in [4.69, 9.17) is 10.3 Å². The van der Waals surface area contributed by atoms with Crippen molar-refractivity contribution in [2.45, 2.75) is 12.1 Å². The number of nitrogen functional groups attached to an aromatic ring is 1. The van der Waals surface area contributed by atoms with Gasteiger partial charge in [-0.05, 0) is 0 Å². The summed E-state index contributed by atoms with van der Waals surface area (Å²) in [6.07, 6.45) is 0. The van der Waals surface area contributed by atoms with E-state index in [-0.39, 0.29) is 20.8 Å². The van der Waals surface area contributed by atoms with Crippen molar-refractivity contribution in [2.24, 2.45) is 5.16 Å². The second-order valence-electron chi connectivity index (χ2n) is 4.72. The highest BCUT2D eigenvalue weighted by atomic mass is 32.2. The van der Waals surface area contributed by atoms with Gasteiger partial charge in [-0.25, -0.2) is 9.78 Å². The molecule has 0 radical (unpaired) electrons. The molecule has 142 valence electrons. The van der Waals surface area contributed by atoms with Crippen molar-refractivity contribution in [1.82, 2.24) is 14.6 Å². The third-order valence-electron chi connectivity index (χ3n) is 3.19. The lowest BCUT2D eigenvalue weighted by molar-refractivity contribution is -0.162. The predicted octanol–water partition coefficient (Wildman–Crippen LogP) is -2.25. The highest BCUT2D eigenvalue weighted by molar-refractivity contribution is 7.84. The summed E-state index contributed by atoms with van der Waals surface area (Å²) in [6, 6.07) is -3.37. The summed E-state index contributed by atoms with van der Waals surface area (Å²) in [5.74, 6) is -3.37. The van der Waals surface area contributed by atoms with E-state index in [0.29, 0.717) is 0 Å². The molecule has 26 heavy (non-hydrogen) atoms. The van der Waals surface area contributed by atoms with Crippen molar-refractivity contribution >= 4 is 50.3 Å². The molecule has 13 nitrogen and oxygen atoms in total. The number of aromatic nitrogens is 1. The molecule has 0 bridgehead atoms. The van der Waals surface area contributed by atoms with E-state index in [1.807, 2.05) is 0 Å². The Morgan fingerprint density at radius 1 is 1.46 bits per heavy atom. The number of nitrogens with zero attached hydrogens (tertiary/aromatic N) is 3. The third-order valence-corrected chi connectivity index (χ3v) is 4.77. The van der Waals surface area contributed by atoms with Crippen LogP contribution in [-0.2, 0) is 34.3 Å². The molecule has 0 saturated carbocycles. The number of carbonyl (C=O) groups excluding carboxylic acids is 3. The second kappa shape index (κ2) is 7.22. The first-order valence-corrected chi connectivity index (χ1v) is 8.91. The molecular formula is C11H13N5O8S2. The minimum atomic E-state index is -5.02. The van der Waals surface area contributed by atoms with Crippen molar-refractivity contribution in [3.63, 3.8) is 0 Å². The van der Waals surface area contributed by atoms with Crippen molar-refractivity contribution in [3.05, 3.63) is 11.1 Å². The molecule has 2 amide bonds. The second-order valence-corrected chi connectivity index (χ2v) is 6.90. The predicted molar refractivity (Wildman–Crippen MR) is 86.2 cm³/mol. The zero-order valence-corrected chi connectivity index (χ0v) is 14.9. The van der Waals surface area contributed by atoms with Gasteiger partial charge in [0, 0.05) is 5.38 Å². The van der Waals surface area contributed by atoms with Crippen LogP contribution in [0.2, 0.25) is 0 Å². The monoisotopic (exact) mass is 407 g/mol. The quantitative estimate of drug-likeness (QED) is 0.152. The molecule has 2 heterocycles. The molecule has 0 aromatic carbocycles. The van der Waals surface area contributed by atoms with Crippen LogP contribution in [0.25, 0.3) is 0 Å². The lowest BCUT2D eigenvalue weighted by Gasteiger charge is -2.41. The molecule has 1 aliphatic rings. The van der Waals surface area contributed by atoms with E-state index in [0.717, 1.165) is 25.6 Å². The number of esters is 1. The van der Waals surface area contributed by atoms with Gasteiger partial charge in [0.25, 0.3) is 11.8 Å². The number of β-lactam (4-membered cyclic amide) rings is 1. The molecule has 1 saturated heterocycles. The number of hydrogen-bond acceptors (Lipinski definition) is 11. The van der Waals surface area contributed by atoms with Gasteiger partial charge in [-0.15, -0.1) is 11.3 Å². The van der Waals surface area contributed by atoms with Crippen LogP contribution >= 0.6 is 11.3 Å². The maximum Gasteiger partial charge on any atom is 0.363 e. The maximum absolute atomic E-state index is 12.4. The van der Waals surface area contributed by atoms with Gasteiger partial charge in [0.05, 0.1) is 7.11 Å². The normalized spacial score (nSPS) is 20.3. The fraction of sp³-hybridized carbons (Fsp3) is 0.364. The molecular weight excluding hydrogens is 394 g/mol. The molecule has 0 spiro atoms. The van der Waals surface area contributed by atoms with Crippen molar-refractivity contribution < 1.29 is 36.9 Å². The van der Waals surface area contributed by atoms with Gasteiger partial charge in [0.2, 0.25) is 0 Å². The summed E-state index contributed by atoms with van der Waals surface area (Å²) in [7, 11) is -2.91. The summed E-state index contributed by atoms with van der Waals surface area (Å²) in [5, 5.41) is 7.16. The molecule has 2 atom stereocenters. The summed E-state index contributed by atoms with van der Waals surface area (Å²) < 4.78 is 35.8. The molecule has 1 aliphatic heterocycles. The van der Waals surface area contributed by atoms with Crippen LogP contribution in [0.1, 0.15) is 5.69 Å². The number of thiazole rings is 1. The summed E-state index contributed by atoms with van der Waals surface area (Å²) in [4.78, 5) is 44.5. The van der Waals surface area contributed by atoms with Crippen molar-refractivity contribution in [2.75, 3.05) is 20.0 Å². The van der Waals surface area contributed by atoms with E-state index in [9.17, 15) is 22.8 Å². The van der Waals surface area contributed by atoms with Gasteiger partial charge >= 0.3 is 16.3 Å². The number of rotatable bonds is 6. The number of anilines is 1. The van der Waals surface area contributed by atoms with Crippen LogP contribution in [0.3, 0.4) is 0 Å². The van der Waals surface area contributed by atoms with Gasteiger partial charge in [0.15, 0.2) is 16.9 Å². The smallest absolute Gasteiger partial charge is 0.363 e. The third kappa shape index (κ3) is 3.58. The Balaban J connectivity index is 2.27. The van der Waals surface area contributed by atoms with E-state index >= 15 is 0 Å². The van der Waals surface area contributed by atoms with Gasteiger partial charge in [-0.3, -0.25) is 14.1 Å². The van der Waals surface area contributed by atoms with Gasteiger partial charge in [-0.2, -0.15) is 12.7 Å². The number of methoxy groups -OCH3 is 1. The Labute approximate surface area is 150 Å². The topological polar surface area (TPSA) is 191 Å². The SMILES string of the molecule is CON=C(C(=O)N[C@@H]1C(=O)N(S(=O)(=O)O)[C@@H]1C(=O)OC)c1csc(N)n1. The van der Waals surface area contributed by atoms with Crippen LogP contribution in [0.15, 0.2) is 10.5 Å². The summed E-state index contributed by atoms with van der Waals surface area (Å²) in [5.41, 5.74) is 5.17. The number of carbonyl (C=O) groups is 3. The minimum Gasteiger partial charge on any atom is -0.467 e. The highest BCUT2D eigenvalue weighted by Gasteiger charge is 2.58. The Morgan fingerprint density at radius 3 is 2.58 bits per heavy atom. The molecule has 1 aromatic heterocycles. The standard InChI is InChI=1S/C11H13N5O8S2/c1-23-10(19)7-6(9(18)16(7)26(20,21)22)14-8(17)5(15-24-2)4-3-25-11(12)13-4/h3,6-7H,1-2H3,(H2,12,13)(H,14,17)(H,20,21,22)/t6-,7-/m0/s1. The number of nitrogens with two attached hydrogens (primary N) is 1. The first-order valence-electron chi connectivity index (χ1n) is 6.63. The Bertz CT molecular complexity index is 879. The first kappa shape index (κ1) is 19.5. The molecule has 1 fully saturated rings. The molecule has 1 aromatic rings. The molecule has 4 N–H and O–H groups in total. The molecule has 0 unspecified atom stereocenters. The lowest BCUT2D eigenvalue weighted by Crippen LogP contribution is -2.74. The van der Waals surface area contributed by atoms with E-state index in [2.05, 4.69) is 25.0 Å². The number of nitrogens with one attached hydrogen (secondary N) is 1. The number of ether oxygens (including phenoxy) is 1. The van der Waals surface area contributed by atoms with Crippen LogP contribution in [-0.4, -0.2) is 72.1 Å². The van der Waals surface area contributed by atoms with Crippen LogP contribution in [0, 0.1) is 0 Å². The van der Waals surface area contributed by atoms with E-state index in [1.165, 1.54) is 5.38 Å². The number of amides is 2. The van der Waals surface area contributed by atoms with Crippen LogP contribution in [0.5, 0.6) is 0 Å². The fourth-order valence-electron chi connectivity index (χ4n) is 2.11. The summed E-state index contributed by atoms with van der Waals surface area (Å²) >= 11 is 1.02. The zero-order chi connectivity index (χ0) is 19.6. The average Bonchev–Trinajstić information content (AvgIpc) is 2.98. The van der Waals surface area contributed by atoms with E-state index in [1.54, 1.807) is 0 Å². The first-order chi connectivity index (χ1) is 12.1. The Morgan fingerprint density at radius 2 is 2.12 bits per heavy atom. The van der Waals surface area contributed by atoms with Gasteiger partial charge < -0.3 is 20.6 Å². The highest BCUT2D eigenvalue weighted by Crippen LogP contribution is 2.25. The van der Waals surface area contributed by atoms with E-state index < -0.39 is 40.2 Å². The van der Waals surface area contributed by atoms with Crippen molar-refractivity contribution in [1.29, 1.82) is 0 Å². The minimum absolute atomic E-state index is 0.0416. The van der Waals surface area contributed by atoms with Crippen LogP contribution < -0.4 is 11.1 Å². The number of oxime groups is 1. The summed E-state index contributed by atoms with van der Waals surface area (Å²) in [6.45, 7) is 0.